The highest BCUT2D eigenvalue weighted by molar-refractivity contribution is 6.13. The first-order valence-electron chi connectivity index (χ1n) is 5.25. The predicted molar refractivity (Wildman–Crippen MR) is 59.8 cm³/mol. The molecule has 0 fully saturated rings. The van der Waals surface area contributed by atoms with Crippen LogP contribution in [0.5, 0.6) is 0 Å². The number of carbonyl (C=O) groups excluding carboxylic acids is 1. The van der Waals surface area contributed by atoms with Crippen LogP contribution < -0.4 is 5.32 Å². The Morgan fingerprint density at radius 2 is 2.07 bits per heavy atom. The van der Waals surface area contributed by atoms with Crippen molar-refractivity contribution in [1.29, 1.82) is 0 Å². The molecule has 0 aliphatic carbocycles. The smallest absolute Gasteiger partial charge is 0.250 e. The van der Waals surface area contributed by atoms with Gasteiger partial charge in [-0.25, -0.2) is 0 Å². The van der Waals surface area contributed by atoms with Gasteiger partial charge >= 0.3 is 0 Å². The lowest BCUT2D eigenvalue weighted by molar-refractivity contribution is -0.120. The first kappa shape index (κ1) is 9.90. The number of nitrogens with zero attached hydrogens (tertiary/aromatic N) is 1. The number of aliphatic imine (C=N–C) groups is 1. The molecule has 0 aromatic heterocycles. The zero-order chi connectivity index (χ0) is 10.7. The summed E-state index contributed by atoms with van der Waals surface area (Å²) in [5.74, 6) is 0.731. The van der Waals surface area contributed by atoms with Crippen LogP contribution in [0.25, 0.3) is 0 Å². The van der Waals surface area contributed by atoms with E-state index in [1.807, 2.05) is 30.3 Å². The maximum atomic E-state index is 11.5. The molecular formula is C12H14N2O. The minimum atomic E-state index is -0.190. The van der Waals surface area contributed by atoms with Gasteiger partial charge in [-0.1, -0.05) is 43.7 Å². The number of nitrogens with one attached hydrogen (secondary N) is 1. The van der Waals surface area contributed by atoms with E-state index in [4.69, 9.17) is 0 Å². The van der Waals surface area contributed by atoms with Crippen molar-refractivity contribution < 1.29 is 4.79 Å². The first-order chi connectivity index (χ1) is 7.31. The van der Waals surface area contributed by atoms with Crippen molar-refractivity contribution in [3.63, 3.8) is 0 Å². The summed E-state index contributed by atoms with van der Waals surface area (Å²) in [5.41, 5.74) is 0.976. The van der Waals surface area contributed by atoms with Crippen LogP contribution in [0.1, 0.15) is 25.3 Å². The second-order valence-electron chi connectivity index (χ2n) is 3.64. The molecule has 1 aliphatic heterocycles. The minimum Gasteiger partial charge on any atom is -0.309 e. The minimum absolute atomic E-state index is 0.0238. The molecule has 1 aromatic carbocycles. The van der Waals surface area contributed by atoms with Gasteiger partial charge in [-0.2, -0.15) is 0 Å². The molecule has 1 heterocycles. The van der Waals surface area contributed by atoms with Crippen LogP contribution in [0.2, 0.25) is 0 Å². The molecule has 3 heteroatoms. The van der Waals surface area contributed by atoms with Crippen molar-refractivity contribution >= 4 is 11.7 Å². The summed E-state index contributed by atoms with van der Waals surface area (Å²) in [6, 6.07) is 9.55. The summed E-state index contributed by atoms with van der Waals surface area (Å²) >= 11 is 0. The lowest BCUT2D eigenvalue weighted by Gasteiger charge is -1.99. The van der Waals surface area contributed by atoms with Crippen LogP contribution in [-0.4, -0.2) is 17.8 Å². The molecule has 0 saturated carbocycles. The van der Waals surface area contributed by atoms with Crippen LogP contribution >= 0.6 is 0 Å². The largest absolute Gasteiger partial charge is 0.309 e. The van der Waals surface area contributed by atoms with Crippen molar-refractivity contribution in [2.24, 2.45) is 4.99 Å². The molecule has 3 nitrogen and oxygen atoms in total. The van der Waals surface area contributed by atoms with Gasteiger partial charge in [0.05, 0.1) is 0 Å². The Labute approximate surface area is 89.2 Å². The third-order valence-electron chi connectivity index (χ3n) is 2.44. The van der Waals surface area contributed by atoms with Crippen LogP contribution in [0.4, 0.5) is 0 Å². The van der Waals surface area contributed by atoms with Gasteiger partial charge in [0.2, 0.25) is 5.91 Å². The monoisotopic (exact) mass is 202 g/mol. The van der Waals surface area contributed by atoms with Crippen LogP contribution in [-0.2, 0) is 4.79 Å². The molecule has 1 unspecified atom stereocenters. The normalized spacial score (nSPS) is 19.9. The SMILES string of the molecule is CCCC1N=C(c2ccccc2)NC1=O. The van der Waals surface area contributed by atoms with Gasteiger partial charge in [0.1, 0.15) is 11.9 Å². The highest BCUT2D eigenvalue weighted by atomic mass is 16.2. The highest BCUT2D eigenvalue weighted by Gasteiger charge is 2.25. The van der Waals surface area contributed by atoms with Crippen molar-refractivity contribution in [2.45, 2.75) is 25.8 Å². The lowest BCUT2D eigenvalue weighted by Crippen LogP contribution is -2.29. The fourth-order valence-corrected chi connectivity index (χ4v) is 1.66. The second-order valence-corrected chi connectivity index (χ2v) is 3.64. The van der Waals surface area contributed by atoms with E-state index in [1.165, 1.54) is 0 Å². The van der Waals surface area contributed by atoms with E-state index in [0.29, 0.717) is 5.84 Å². The predicted octanol–water partition coefficient (Wildman–Crippen LogP) is 1.73. The quantitative estimate of drug-likeness (QED) is 0.796. The maximum Gasteiger partial charge on any atom is 0.250 e. The van der Waals surface area contributed by atoms with E-state index in [9.17, 15) is 4.79 Å². The Morgan fingerprint density at radius 3 is 2.73 bits per heavy atom. The van der Waals surface area contributed by atoms with Gasteiger partial charge in [-0.05, 0) is 6.42 Å². The number of hydrogen-bond donors (Lipinski definition) is 1. The summed E-state index contributed by atoms with van der Waals surface area (Å²) in [6.45, 7) is 2.06. The lowest BCUT2D eigenvalue weighted by atomic mass is 10.2. The van der Waals surface area contributed by atoms with Gasteiger partial charge in [0.15, 0.2) is 0 Å². The number of amidine groups is 1. The van der Waals surface area contributed by atoms with E-state index < -0.39 is 0 Å². The van der Waals surface area contributed by atoms with Gasteiger partial charge in [-0.15, -0.1) is 0 Å². The Morgan fingerprint density at radius 1 is 1.33 bits per heavy atom. The zero-order valence-electron chi connectivity index (χ0n) is 8.73. The number of amides is 1. The molecule has 0 radical (unpaired) electrons. The molecule has 1 aromatic rings. The summed E-state index contributed by atoms with van der Waals surface area (Å²) in [6.07, 6.45) is 1.80. The molecule has 15 heavy (non-hydrogen) atoms. The Kier molecular flexibility index (Phi) is 2.81. The van der Waals surface area contributed by atoms with Crippen molar-refractivity contribution in [2.75, 3.05) is 0 Å². The Bertz CT molecular complexity index is 384. The Balaban J connectivity index is 2.19. The fraction of sp³-hybridized carbons (Fsp3) is 0.333. The molecule has 1 atom stereocenters. The summed E-state index contributed by atoms with van der Waals surface area (Å²) < 4.78 is 0. The van der Waals surface area contributed by atoms with Gasteiger partial charge in [0, 0.05) is 5.56 Å². The summed E-state index contributed by atoms with van der Waals surface area (Å²) in [5, 5.41) is 2.82. The number of hydrogen-bond acceptors (Lipinski definition) is 2. The van der Waals surface area contributed by atoms with E-state index in [-0.39, 0.29) is 11.9 Å². The first-order valence-corrected chi connectivity index (χ1v) is 5.25. The molecule has 0 bridgehead atoms. The maximum absolute atomic E-state index is 11.5. The van der Waals surface area contributed by atoms with Crippen LogP contribution in [0, 0.1) is 0 Å². The van der Waals surface area contributed by atoms with E-state index >= 15 is 0 Å². The number of benzene rings is 1. The van der Waals surface area contributed by atoms with Crippen molar-refractivity contribution in [3.8, 4) is 0 Å². The standard InChI is InChI=1S/C12H14N2O/c1-2-6-10-12(15)14-11(13-10)9-7-4-3-5-8-9/h3-5,7-8,10H,2,6H2,1H3,(H,13,14,15). The molecular weight excluding hydrogens is 188 g/mol. The average molecular weight is 202 g/mol. The fourth-order valence-electron chi connectivity index (χ4n) is 1.66. The van der Waals surface area contributed by atoms with Crippen molar-refractivity contribution in [3.05, 3.63) is 35.9 Å². The highest BCUT2D eigenvalue weighted by Crippen LogP contribution is 2.11. The third kappa shape index (κ3) is 2.06. The van der Waals surface area contributed by atoms with Crippen molar-refractivity contribution in [1.82, 2.24) is 5.32 Å². The van der Waals surface area contributed by atoms with Crippen LogP contribution in [0.3, 0.4) is 0 Å². The molecule has 1 N–H and O–H groups in total. The van der Waals surface area contributed by atoms with E-state index in [1.54, 1.807) is 0 Å². The van der Waals surface area contributed by atoms with Gasteiger partial charge in [0.25, 0.3) is 0 Å². The second kappa shape index (κ2) is 4.26. The zero-order valence-corrected chi connectivity index (χ0v) is 8.73. The molecule has 0 saturated heterocycles. The number of carbonyl (C=O) groups is 1. The molecule has 2 rings (SSSR count). The topological polar surface area (TPSA) is 41.5 Å². The van der Waals surface area contributed by atoms with E-state index in [2.05, 4.69) is 17.2 Å². The summed E-state index contributed by atoms with van der Waals surface area (Å²) in [4.78, 5) is 15.9. The third-order valence-corrected chi connectivity index (χ3v) is 2.44. The molecule has 1 aliphatic rings. The summed E-state index contributed by atoms with van der Waals surface area (Å²) in [7, 11) is 0. The van der Waals surface area contributed by atoms with Gasteiger partial charge < -0.3 is 5.32 Å². The Hall–Kier alpha value is -1.64. The molecule has 0 spiro atoms. The van der Waals surface area contributed by atoms with Gasteiger partial charge in [-0.3, -0.25) is 9.79 Å². The van der Waals surface area contributed by atoms with E-state index in [0.717, 1.165) is 18.4 Å². The average Bonchev–Trinajstić information content (AvgIpc) is 2.63. The number of rotatable bonds is 3. The molecule has 1 amide bonds. The van der Waals surface area contributed by atoms with Crippen LogP contribution in [0.15, 0.2) is 35.3 Å². The molecule has 78 valence electrons.